The molecule has 0 unspecified atom stereocenters. The summed E-state index contributed by atoms with van der Waals surface area (Å²) in [6.07, 6.45) is 4.08. The Morgan fingerprint density at radius 3 is 2.63 bits per heavy atom. The van der Waals surface area contributed by atoms with Crippen LogP contribution >= 0.6 is 7.14 Å². The molecule has 2 N–H and O–H groups in total. The van der Waals surface area contributed by atoms with Gasteiger partial charge in [-0.1, -0.05) is 19.1 Å². The zero-order chi connectivity index (χ0) is 24.6. The molecule has 182 valence electrons. The summed E-state index contributed by atoms with van der Waals surface area (Å²) in [5.41, 5.74) is 5.90. The van der Waals surface area contributed by atoms with Crippen molar-refractivity contribution in [3.8, 4) is 17.0 Å². The Morgan fingerprint density at radius 1 is 1.17 bits per heavy atom. The standard InChI is InChI=1S/C28H33N4O2P/c1-5-19-17-29-28-23(27(19)30-24-8-6-7-9-26(24)35(3,4)33)16-25(31-28)20-10-12-21(13-11-20)34-22-14-15-32(2)18-22/h6-13,16-17,22H,5,14-15,18H2,1-4H3,(H2,29,30,31)/t22-/m1/s1. The van der Waals surface area contributed by atoms with E-state index in [1.54, 1.807) is 0 Å². The maximum atomic E-state index is 12.9. The van der Waals surface area contributed by atoms with E-state index < -0.39 is 7.14 Å². The summed E-state index contributed by atoms with van der Waals surface area (Å²) < 4.78 is 19.1. The van der Waals surface area contributed by atoms with Crippen molar-refractivity contribution < 1.29 is 9.30 Å². The number of nitrogens with zero attached hydrogens (tertiary/aromatic N) is 2. The van der Waals surface area contributed by atoms with Gasteiger partial charge in [-0.15, -0.1) is 0 Å². The lowest BCUT2D eigenvalue weighted by Crippen LogP contribution is -2.21. The van der Waals surface area contributed by atoms with Crippen molar-refractivity contribution in [3.63, 3.8) is 0 Å². The molecule has 6 nitrogen and oxygen atoms in total. The first kappa shape index (κ1) is 23.7. The largest absolute Gasteiger partial charge is 0.489 e. The highest BCUT2D eigenvalue weighted by atomic mass is 31.2. The predicted octanol–water partition coefficient (Wildman–Crippen LogP) is 5.87. The molecule has 1 fully saturated rings. The number of H-pyrrole nitrogens is 1. The number of anilines is 2. The number of nitrogens with one attached hydrogen (secondary N) is 2. The number of hydrogen-bond donors (Lipinski definition) is 2. The number of likely N-dealkylation sites (N-methyl/N-ethyl adjacent to an activating group) is 1. The van der Waals surface area contributed by atoms with Gasteiger partial charge in [-0.3, -0.25) is 0 Å². The minimum absolute atomic E-state index is 0.258. The molecule has 3 heterocycles. The van der Waals surface area contributed by atoms with Gasteiger partial charge < -0.3 is 24.5 Å². The number of aryl methyl sites for hydroxylation is 1. The first-order valence-corrected chi connectivity index (χ1v) is 14.8. The van der Waals surface area contributed by atoms with Crippen LogP contribution < -0.4 is 15.4 Å². The minimum atomic E-state index is -2.44. The lowest BCUT2D eigenvalue weighted by Gasteiger charge is -2.17. The van der Waals surface area contributed by atoms with Crippen molar-refractivity contribution >= 4 is 34.9 Å². The van der Waals surface area contributed by atoms with E-state index in [-0.39, 0.29) is 6.10 Å². The van der Waals surface area contributed by atoms with E-state index in [1.165, 1.54) is 0 Å². The van der Waals surface area contributed by atoms with Crippen LogP contribution in [-0.2, 0) is 11.0 Å². The highest BCUT2D eigenvalue weighted by Crippen LogP contribution is 2.40. The predicted molar refractivity (Wildman–Crippen MR) is 146 cm³/mol. The van der Waals surface area contributed by atoms with E-state index in [1.807, 2.05) is 55.9 Å². The van der Waals surface area contributed by atoms with Crippen LogP contribution in [0.5, 0.6) is 5.75 Å². The number of pyridine rings is 1. The van der Waals surface area contributed by atoms with Crippen molar-refractivity contribution in [2.45, 2.75) is 25.9 Å². The summed E-state index contributed by atoms with van der Waals surface area (Å²) in [5.74, 6) is 0.902. The second-order valence-corrected chi connectivity index (χ2v) is 12.9. The van der Waals surface area contributed by atoms with Crippen molar-refractivity contribution in [1.29, 1.82) is 0 Å². The Bertz CT molecular complexity index is 1390. The SMILES string of the molecule is CCc1cnc2[nH]c(-c3ccc(O[C@@H]4CCN(C)C4)cc3)cc2c1Nc1ccccc1P(C)(C)=O. The number of aromatic nitrogens is 2. The van der Waals surface area contributed by atoms with Crippen LogP contribution in [0, 0.1) is 0 Å². The normalized spacial score (nSPS) is 16.6. The van der Waals surface area contributed by atoms with Gasteiger partial charge in [-0.25, -0.2) is 4.98 Å². The molecule has 0 spiro atoms. The molecule has 1 saturated heterocycles. The van der Waals surface area contributed by atoms with Crippen LogP contribution in [0.25, 0.3) is 22.3 Å². The van der Waals surface area contributed by atoms with Crippen LogP contribution in [0.15, 0.2) is 60.8 Å². The van der Waals surface area contributed by atoms with Crippen molar-refractivity contribution in [1.82, 2.24) is 14.9 Å². The summed E-state index contributed by atoms with van der Waals surface area (Å²) in [4.78, 5) is 10.5. The summed E-state index contributed by atoms with van der Waals surface area (Å²) >= 11 is 0. The number of para-hydroxylation sites is 1. The molecular weight excluding hydrogens is 455 g/mol. The van der Waals surface area contributed by atoms with E-state index in [0.29, 0.717) is 0 Å². The molecule has 2 aromatic carbocycles. The van der Waals surface area contributed by atoms with Gasteiger partial charge in [0.2, 0.25) is 0 Å². The van der Waals surface area contributed by atoms with Crippen LogP contribution in [0.1, 0.15) is 18.9 Å². The molecule has 5 rings (SSSR count). The van der Waals surface area contributed by atoms with E-state index in [9.17, 15) is 4.57 Å². The summed E-state index contributed by atoms with van der Waals surface area (Å²) in [6.45, 7) is 7.80. The van der Waals surface area contributed by atoms with Crippen LogP contribution in [0.3, 0.4) is 0 Å². The number of hydrogen-bond acceptors (Lipinski definition) is 5. The molecule has 0 radical (unpaired) electrons. The van der Waals surface area contributed by atoms with E-state index in [4.69, 9.17) is 4.74 Å². The number of ether oxygens (including phenoxy) is 1. The van der Waals surface area contributed by atoms with Crippen LogP contribution in [0.2, 0.25) is 0 Å². The number of fused-ring (bicyclic) bond motifs is 1. The molecule has 1 aliphatic rings. The van der Waals surface area contributed by atoms with Gasteiger partial charge in [0.1, 0.15) is 24.6 Å². The molecule has 2 aromatic heterocycles. The number of rotatable bonds is 7. The monoisotopic (exact) mass is 488 g/mol. The van der Waals surface area contributed by atoms with E-state index in [0.717, 1.165) is 76.2 Å². The molecule has 0 amide bonds. The third-order valence-corrected chi connectivity index (χ3v) is 8.23. The van der Waals surface area contributed by atoms with Crippen LogP contribution in [-0.4, -0.2) is 54.4 Å². The highest BCUT2D eigenvalue weighted by Gasteiger charge is 2.21. The molecule has 7 heteroatoms. The third-order valence-electron chi connectivity index (χ3n) is 6.68. The maximum absolute atomic E-state index is 12.9. The molecule has 0 aliphatic carbocycles. The third kappa shape index (κ3) is 5.00. The Hall–Kier alpha value is -3.08. The van der Waals surface area contributed by atoms with Crippen molar-refractivity contribution in [2.75, 3.05) is 38.8 Å². The Kier molecular flexibility index (Phi) is 6.43. The van der Waals surface area contributed by atoms with Crippen LogP contribution in [0.4, 0.5) is 11.4 Å². The average Bonchev–Trinajstić information content (AvgIpc) is 3.45. The quantitative estimate of drug-likeness (QED) is 0.319. The summed E-state index contributed by atoms with van der Waals surface area (Å²) in [6, 6.07) is 18.3. The smallest absolute Gasteiger partial charge is 0.139 e. The maximum Gasteiger partial charge on any atom is 0.139 e. The second-order valence-electron chi connectivity index (χ2n) is 9.77. The lowest BCUT2D eigenvalue weighted by atomic mass is 10.1. The van der Waals surface area contributed by atoms with E-state index in [2.05, 4.69) is 52.4 Å². The van der Waals surface area contributed by atoms with Crippen molar-refractivity contribution in [3.05, 3.63) is 66.4 Å². The first-order chi connectivity index (χ1) is 16.8. The Balaban J connectivity index is 1.47. The van der Waals surface area contributed by atoms with Gasteiger partial charge in [0.05, 0.1) is 5.69 Å². The van der Waals surface area contributed by atoms with Gasteiger partial charge in [-0.2, -0.15) is 0 Å². The number of likely N-dealkylation sites (tertiary alicyclic amines) is 1. The molecule has 35 heavy (non-hydrogen) atoms. The second kappa shape index (κ2) is 9.52. The Morgan fingerprint density at radius 2 is 1.94 bits per heavy atom. The van der Waals surface area contributed by atoms with Gasteiger partial charge in [0.15, 0.2) is 0 Å². The summed E-state index contributed by atoms with van der Waals surface area (Å²) in [7, 11) is -0.309. The minimum Gasteiger partial charge on any atom is -0.489 e. The molecule has 1 atom stereocenters. The molecule has 0 saturated carbocycles. The molecule has 1 aliphatic heterocycles. The molecule has 0 bridgehead atoms. The number of benzene rings is 2. The fraction of sp³-hybridized carbons (Fsp3) is 0.321. The zero-order valence-electron chi connectivity index (χ0n) is 20.8. The van der Waals surface area contributed by atoms with Crippen molar-refractivity contribution in [2.24, 2.45) is 0 Å². The Labute approximate surface area is 207 Å². The van der Waals surface area contributed by atoms with Gasteiger partial charge >= 0.3 is 0 Å². The summed E-state index contributed by atoms with van der Waals surface area (Å²) in [5, 5.41) is 5.48. The van der Waals surface area contributed by atoms with Gasteiger partial charge in [-0.05, 0) is 86.8 Å². The highest BCUT2D eigenvalue weighted by molar-refractivity contribution is 7.70. The fourth-order valence-electron chi connectivity index (χ4n) is 4.77. The van der Waals surface area contributed by atoms with E-state index >= 15 is 0 Å². The number of aromatic amines is 1. The fourth-order valence-corrected chi connectivity index (χ4v) is 5.92. The van der Waals surface area contributed by atoms with Gasteiger partial charge in [0.25, 0.3) is 0 Å². The topological polar surface area (TPSA) is 70.2 Å². The average molecular weight is 489 g/mol. The zero-order valence-corrected chi connectivity index (χ0v) is 21.7. The lowest BCUT2D eigenvalue weighted by molar-refractivity contribution is 0.208. The van der Waals surface area contributed by atoms with Gasteiger partial charge in [0, 0.05) is 41.4 Å². The first-order valence-electron chi connectivity index (χ1n) is 12.2. The molecule has 4 aromatic rings. The molecular formula is C28H33N4O2P.